The van der Waals surface area contributed by atoms with Gasteiger partial charge in [0.2, 0.25) is 0 Å². The molecule has 0 aromatic heterocycles. The Morgan fingerprint density at radius 3 is 2.59 bits per heavy atom. The van der Waals surface area contributed by atoms with Gasteiger partial charge in [-0.15, -0.1) is 0 Å². The van der Waals surface area contributed by atoms with Gasteiger partial charge in [-0.3, -0.25) is 4.79 Å². The highest BCUT2D eigenvalue weighted by Gasteiger charge is 2.16. The summed E-state index contributed by atoms with van der Waals surface area (Å²) in [5.74, 6) is 1.32. The molecule has 1 aromatic rings. The van der Waals surface area contributed by atoms with E-state index in [0.717, 1.165) is 24.3 Å². The monoisotopic (exact) mass is 305 g/mol. The second kappa shape index (κ2) is 9.50. The first-order valence-electron chi connectivity index (χ1n) is 8.49. The fraction of sp³-hybridized carbons (Fsp3) is 0.632. The number of unbranched alkanes of at least 4 members (excludes halogenated alkanes) is 1. The van der Waals surface area contributed by atoms with Crippen LogP contribution >= 0.6 is 0 Å². The second-order valence-electron chi connectivity index (χ2n) is 6.19. The molecule has 3 nitrogen and oxygen atoms in total. The van der Waals surface area contributed by atoms with Crippen LogP contribution in [0.1, 0.15) is 57.6 Å². The van der Waals surface area contributed by atoms with E-state index in [9.17, 15) is 4.79 Å². The van der Waals surface area contributed by atoms with Crippen LogP contribution in [0.5, 0.6) is 5.75 Å². The van der Waals surface area contributed by atoms with Crippen LogP contribution in [-0.2, 0) is 4.79 Å². The largest absolute Gasteiger partial charge is 0.481 e. The number of ether oxygens (including phenoxy) is 1. The molecule has 0 aliphatic heterocycles. The Morgan fingerprint density at radius 1 is 1.27 bits per heavy atom. The molecule has 0 unspecified atom stereocenters. The summed E-state index contributed by atoms with van der Waals surface area (Å²) < 4.78 is 5.80. The summed E-state index contributed by atoms with van der Waals surface area (Å²) in [7, 11) is 0. The number of nitrogens with one attached hydrogen (secondary N) is 1. The van der Waals surface area contributed by atoms with E-state index >= 15 is 0 Å². The lowest BCUT2D eigenvalue weighted by molar-refractivity contribution is -0.127. The maximum Gasteiger partial charge on any atom is 0.260 e. The van der Waals surface area contributed by atoms with Gasteiger partial charge < -0.3 is 10.1 Å². The highest BCUT2D eigenvalue weighted by atomic mass is 16.5. The van der Waals surface area contributed by atoms with Gasteiger partial charge in [-0.2, -0.15) is 0 Å². The molecule has 1 N–H and O–H groups in total. The first-order valence-corrected chi connectivity index (χ1v) is 8.49. The van der Waals surface area contributed by atoms with Crippen molar-refractivity contribution in [3.05, 3.63) is 29.3 Å². The number of carbonyl (C=O) groups excluding carboxylic acids is 1. The third-order valence-corrected chi connectivity index (χ3v) is 4.11. The molecule has 0 bridgehead atoms. The highest BCUT2D eigenvalue weighted by molar-refractivity contribution is 5.80. The molecule has 22 heavy (non-hydrogen) atoms. The minimum absolute atomic E-state index is 0.0325. The van der Waals surface area contributed by atoms with Gasteiger partial charge in [0.15, 0.2) is 6.10 Å². The normalized spacial score (nSPS) is 13.5. The van der Waals surface area contributed by atoms with Gasteiger partial charge in [-0.05, 0) is 44.7 Å². The van der Waals surface area contributed by atoms with E-state index < -0.39 is 6.10 Å². The van der Waals surface area contributed by atoms with Crippen molar-refractivity contribution in [3.63, 3.8) is 0 Å². The fourth-order valence-electron chi connectivity index (χ4n) is 2.51. The standard InChI is InChI=1S/C19H31NO2/c1-6-8-9-17(7-2)13-20-19(21)16(5)22-18-11-10-14(3)12-15(18)4/h10-12,16-17H,6-9,13H2,1-5H3,(H,20,21)/t16-,17+/m0/s1. The fourth-order valence-corrected chi connectivity index (χ4v) is 2.51. The van der Waals surface area contributed by atoms with Crippen molar-refractivity contribution in [2.24, 2.45) is 5.92 Å². The average molecular weight is 305 g/mol. The van der Waals surface area contributed by atoms with Crippen LogP contribution in [0.4, 0.5) is 0 Å². The zero-order chi connectivity index (χ0) is 16.5. The minimum atomic E-state index is -0.468. The van der Waals surface area contributed by atoms with Crippen LogP contribution in [-0.4, -0.2) is 18.6 Å². The second-order valence-corrected chi connectivity index (χ2v) is 6.19. The van der Waals surface area contributed by atoms with Crippen molar-refractivity contribution in [1.29, 1.82) is 0 Å². The topological polar surface area (TPSA) is 38.3 Å². The van der Waals surface area contributed by atoms with Gasteiger partial charge in [0.05, 0.1) is 0 Å². The number of aryl methyl sites for hydroxylation is 2. The molecule has 124 valence electrons. The van der Waals surface area contributed by atoms with E-state index in [2.05, 4.69) is 25.2 Å². The van der Waals surface area contributed by atoms with Gasteiger partial charge in [0.25, 0.3) is 5.91 Å². The zero-order valence-corrected chi connectivity index (χ0v) is 14.7. The average Bonchev–Trinajstić information content (AvgIpc) is 2.49. The molecule has 0 fully saturated rings. The SMILES string of the molecule is CCCC[C@@H](CC)CNC(=O)[C@H](C)Oc1ccc(C)cc1C. The lowest BCUT2D eigenvalue weighted by Gasteiger charge is -2.19. The Balaban J connectivity index is 2.47. The third kappa shape index (κ3) is 6.08. The first-order chi connectivity index (χ1) is 10.5. The lowest BCUT2D eigenvalue weighted by Crippen LogP contribution is -2.38. The molecule has 1 amide bonds. The molecule has 0 saturated heterocycles. The number of hydrogen-bond acceptors (Lipinski definition) is 2. The van der Waals surface area contributed by atoms with Crippen molar-refractivity contribution in [2.45, 2.75) is 66.4 Å². The molecule has 0 spiro atoms. The Labute approximate surface area is 135 Å². The Bertz CT molecular complexity index is 471. The molecule has 0 saturated carbocycles. The predicted octanol–water partition coefficient (Wildman–Crippen LogP) is 4.40. The summed E-state index contributed by atoms with van der Waals surface area (Å²) >= 11 is 0. The van der Waals surface area contributed by atoms with Crippen molar-refractivity contribution >= 4 is 5.91 Å². The number of benzene rings is 1. The van der Waals surface area contributed by atoms with E-state index in [1.165, 1.54) is 24.8 Å². The third-order valence-electron chi connectivity index (χ3n) is 4.11. The zero-order valence-electron chi connectivity index (χ0n) is 14.7. The van der Waals surface area contributed by atoms with Gasteiger partial charge in [0.1, 0.15) is 5.75 Å². The molecular weight excluding hydrogens is 274 g/mol. The molecule has 0 radical (unpaired) electrons. The van der Waals surface area contributed by atoms with Gasteiger partial charge in [0, 0.05) is 6.54 Å². The van der Waals surface area contributed by atoms with Crippen LogP contribution in [0.3, 0.4) is 0 Å². The Kier molecular flexibility index (Phi) is 8.00. The van der Waals surface area contributed by atoms with Crippen molar-refractivity contribution in [2.75, 3.05) is 6.54 Å². The van der Waals surface area contributed by atoms with Crippen LogP contribution in [0.2, 0.25) is 0 Å². The van der Waals surface area contributed by atoms with Crippen molar-refractivity contribution in [3.8, 4) is 5.75 Å². The smallest absolute Gasteiger partial charge is 0.260 e. The summed E-state index contributed by atoms with van der Waals surface area (Å²) in [6, 6.07) is 6.01. The van der Waals surface area contributed by atoms with E-state index in [1.807, 2.05) is 32.9 Å². The predicted molar refractivity (Wildman–Crippen MR) is 92.3 cm³/mol. The molecule has 0 heterocycles. The van der Waals surface area contributed by atoms with Gasteiger partial charge in [-0.1, -0.05) is 50.8 Å². The molecule has 1 rings (SSSR count). The number of carbonyl (C=O) groups is 1. The maximum absolute atomic E-state index is 12.2. The van der Waals surface area contributed by atoms with E-state index in [1.54, 1.807) is 0 Å². The summed E-state index contributed by atoms with van der Waals surface area (Å²) in [4.78, 5) is 12.2. The molecule has 0 aliphatic rings. The molecular formula is C19H31NO2. The number of hydrogen-bond donors (Lipinski definition) is 1. The lowest BCUT2D eigenvalue weighted by atomic mass is 9.99. The quantitative estimate of drug-likeness (QED) is 0.734. The highest BCUT2D eigenvalue weighted by Crippen LogP contribution is 2.20. The Hall–Kier alpha value is -1.51. The van der Waals surface area contributed by atoms with Gasteiger partial charge >= 0.3 is 0 Å². The first kappa shape index (κ1) is 18.5. The van der Waals surface area contributed by atoms with E-state index in [-0.39, 0.29) is 5.91 Å². The summed E-state index contributed by atoms with van der Waals surface area (Å²) in [6.45, 7) is 11.0. The maximum atomic E-state index is 12.2. The van der Waals surface area contributed by atoms with Crippen LogP contribution < -0.4 is 10.1 Å². The van der Waals surface area contributed by atoms with Gasteiger partial charge in [-0.25, -0.2) is 0 Å². The van der Waals surface area contributed by atoms with E-state index in [0.29, 0.717) is 5.92 Å². The van der Waals surface area contributed by atoms with Crippen molar-refractivity contribution < 1.29 is 9.53 Å². The molecule has 2 atom stereocenters. The van der Waals surface area contributed by atoms with Crippen LogP contribution in [0.15, 0.2) is 18.2 Å². The summed E-state index contributed by atoms with van der Waals surface area (Å²) in [5, 5.41) is 3.03. The summed E-state index contributed by atoms with van der Waals surface area (Å²) in [5.41, 5.74) is 2.26. The van der Waals surface area contributed by atoms with Crippen molar-refractivity contribution in [1.82, 2.24) is 5.32 Å². The molecule has 1 aromatic carbocycles. The number of rotatable bonds is 9. The molecule has 3 heteroatoms. The number of amides is 1. The molecule has 0 aliphatic carbocycles. The summed E-state index contributed by atoms with van der Waals surface area (Å²) in [6.07, 6.45) is 4.25. The Morgan fingerprint density at radius 2 is 2.00 bits per heavy atom. The van der Waals surface area contributed by atoms with Crippen LogP contribution in [0.25, 0.3) is 0 Å². The minimum Gasteiger partial charge on any atom is -0.481 e. The van der Waals surface area contributed by atoms with Crippen LogP contribution in [0, 0.1) is 19.8 Å². The van der Waals surface area contributed by atoms with E-state index in [4.69, 9.17) is 4.74 Å².